The Morgan fingerprint density at radius 2 is 2.21 bits per heavy atom. The summed E-state index contributed by atoms with van der Waals surface area (Å²) in [6.45, 7) is 2.20. The van der Waals surface area contributed by atoms with Gasteiger partial charge in [0.15, 0.2) is 0 Å². The van der Waals surface area contributed by atoms with Gasteiger partial charge in [-0.05, 0) is 31.5 Å². The molecule has 0 spiro atoms. The van der Waals surface area contributed by atoms with Gasteiger partial charge in [-0.1, -0.05) is 15.9 Å². The van der Waals surface area contributed by atoms with Crippen LogP contribution in [0.4, 0.5) is 0 Å². The largest absolute Gasteiger partial charge is 0.496 e. The summed E-state index contributed by atoms with van der Waals surface area (Å²) < 4.78 is 6.44. The smallest absolute Gasteiger partial charge is 0.123 e. The normalized spacial score (nSPS) is 25.6. The third kappa shape index (κ3) is 1.79. The zero-order valence-electron chi connectivity index (χ0n) is 8.38. The Balaban J connectivity index is 2.26. The van der Waals surface area contributed by atoms with Gasteiger partial charge in [0.25, 0.3) is 0 Å². The summed E-state index contributed by atoms with van der Waals surface area (Å²) in [6, 6.07) is 7.22. The summed E-state index contributed by atoms with van der Waals surface area (Å²) in [7, 11) is 1.72. The van der Waals surface area contributed by atoms with E-state index in [1.165, 1.54) is 12.0 Å². The van der Waals surface area contributed by atoms with Crippen molar-refractivity contribution in [3.63, 3.8) is 0 Å². The molecular formula is C11H14BrNO. The average molecular weight is 256 g/mol. The molecule has 3 heteroatoms. The molecule has 1 heterocycles. The predicted molar refractivity (Wildman–Crippen MR) is 60.6 cm³/mol. The van der Waals surface area contributed by atoms with Crippen molar-refractivity contribution < 1.29 is 4.74 Å². The summed E-state index contributed by atoms with van der Waals surface area (Å²) >= 11 is 3.48. The fraction of sp³-hybridized carbons (Fsp3) is 0.455. The van der Waals surface area contributed by atoms with Crippen LogP contribution >= 0.6 is 15.9 Å². The highest BCUT2D eigenvalue weighted by molar-refractivity contribution is 9.10. The molecule has 76 valence electrons. The maximum atomic E-state index is 5.33. The second-order valence-corrected chi connectivity index (χ2v) is 4.66. The van der Waals surface area contributed by atoms with E-state index in [1.807, 2.05) is 12.1 Å². The van der Waals surface area contributed by atoms with E-state index < -0.39 is 0 Å². The van der Waals surface area contributed by atoms with E-state index in [0.717, 1.165) is 10.2 Å². The number of nitrogens with one attached hydrogen (secondary N) is 1. The molecule has 0 aliphatic carbocycles. The maximum Gasteiger partial charge on any atom is 0.123 e. The highest BCUT2D eigenvalue weighted by Gasteiger charge is 2.27. The first-order valence-electron chi connectivity index (χ1n) is 4.80. The zero-order chi connectivity index (χ0) is 10.1. The van der Waals surface area contributed by atoms with Crippen molar-refractivity contribution in [1.29, 1.82) is 0 Å². The molecule has 2 nitrogen and oxygen atoms in total. The molecule has 2 rings (SSSR count). The SMILES string of the molecule is COc1ccc(Br)cc1C1CC(C)N1. The Hall–Kier alpha value is -0.540. The van der Waals surface area contributed by atoms with Crippen molar-refractivity contribution in [2.75, 3.05) is 7.11 Å². The van der Waals surface area contributed by atoms with Crippen LogP contribution in [0.5, 0.6) is 5.75 Å². The fourth-order valence-corrected chi connectivity index (χ4v) is 2.25. The molecule has 14 heavy (non-hydrogen) atoms. The van der Waals surface area contributed by atoms with Gasteiger partial charge in [0.1, 0.15) is 5.75 Å². The van der Waals surface area contributed by atoms with Gasteiger partial charge in [-0.2, -0.15) is 0 Å². The number of benzene rings is 1. The lowest BCUT2D eigenvalue weighted by Crippen LogP contribution is -2.43. The van der Waals surface area contributed by atoms with E-state index >= 15 is 0 Å². The third-order valence-corrected chi connectivity index (χ3v) is 3.14. The fourth-order valence-electron chi connectivity index (χ4n) is 1.87. The summed E-state index contributed by atoms with van der Waals surface area (Å²) in [4.78, 5) is 0. The van der Waals surface area contributed by atoms with Crippen LogP contribution < -0.4 is 10.1 Å². The molecular weight excluding hydrogens is 242 g/mol. The molecule has 1 aromatic rings. The van der Waals surface area contributed by atoms with E-state index in [0.29, 0.717) is 12.1 Å². The van der Waals surface area contributed by atoms with E-state index in [9.17, 15) is 0 Å². The summed E-state index contributed by atoms with van der Waals surface area (Å²) in [5.74, 6) is 0.970. The van der Waals surface area contributed by atoms with Crippen molar-refractivity contribution in [2.24, 2.45) is 0 Å². The van der Waals surface area contributed by atoms with E-state index in [4.69, 9.17) is 4.74 Å². The number of hydrogen-bond donors (Lipinski definition) is 1. The molecule has 1 fully saturated rings. The number of halogens is 1. The molecule has 1 aromatic carbocycles. The molecule has 1 saturated heterocycles. The maximum absolute atomic E-state index is 5.33. The summed E-state index contributed by atoms with van der Waals surface area (Å²) in [6.07, 6.45) is 1.19. The Bertz CT molecular complexity index is 334. The average Bonchev–Trinajstić information content (AvgIpc) is 2.13. The van der Waals surface area contributed by atoms with Crippen LogP contribution in [0.25, 0.3) is 0 Å². The van der Waals surface area contributed by atoms with Gasteiger partial charge in [-0.15, -0.1) is 0 Å². The zero-order valence-corrected chi connectivity index (χ0v) is 9.97. The Labute approximate surface area is 92.8 Å². The molecule has 1 N–H and O–H groups in total. The highest BCUT2D eigenvalue weighted by Crippen LogP contribution is 2.35. The predicted octanol–water partition coefficient (Wildman–Crippen LogP) is 2.88. The van der Waals surface area contributed by atoms with Crippen LogP contribution in [0.1, 0.15) is 24.9 Å². The van der Waals surface area contributed by atoms with E-state index in [2.05, 4.69) is 34.2 Å². The van der Waals surface area contributed by atoms with Crippen LogP contribution in [0.2, 0.25) is 0 Å². The summed E-state index contributed by atoms with van der Waals surface area (Å²) in [5.41, 5.74) is 1.25. The molecule has 2 atom stereocenters. The molecule has 0 aromatic heterocycles. The molecule has 0 amide bonds. The van der Waals surface area contributed by atoms with Crippen LogP contribution in [0.3, 0.4) is 0 Å². The molecule has 2 unspecified atom stereocenters. The number of methoxy groups -OCH3 is 1. The Morgan fingerprint density at radius 3 is 2.79 bits per heavy atom. The minimum absolute atomic E-state index is 0.456. The minimum atomic E-state index is 0.456. The minimum Gasteiger partial charge on any atom is -0.496 e. The van der Waals surface area contributed by atoms with Gasteiger partial charge >= 0.3 is 0 Å². The number of hydrogen-bond acceptors (Lipinski definition) is 2. The van der Waals surface area contributed by atoms with Crippen molar-refractivity contribution in [2.45, 2.75) is 25.4 Å². The first kappa shape index (κ1) is 9.99. The molecule has 1 aliphatic rings. The van der Waals surface area contributed by atoms with Crippen molar-refractivity contribution in [3.8, 4) is 5.75 Å². The lowest BCUT2D eigenvalue weighted by Gasteiger charge is -2.36. The van der Waals surface area contributed by atoms with Gasteiger partial charge in [-0.3, -0.25) is 0 Å². The lowest BCUT2D eigenvalue weighted by atomic mass is 9.91. The van der Waals surface area contributed by atoms with Gasteiger partial charge < -0.3 is 10.1 Å². The van der Waals surface area contributed by atoms with E-state index in [1.54, 1.807) is 7.11 Å². The summed E-state index contributed by atoms with van der Waals surface area (Å²) in [5, 5.41) is 3.46. The van der Waals surface area contributed by atoms with Crippen LogP contribution in [-0.4, -0.2) is 13.2 Å². The topological polar surface area (TPSA) is 21.3 Å². The molecule has 1 aliphatic heterocycles. The van der Waals surface area contributed by atoms with Crippen LogP contribution in [0.15, 0.2) is 22.7 Å². The van der Waals surface area contributed by atoms with Crippen molar-refractivity contribution in [1.82, 2.24) is 5.32 Å². The van der Waals surface area contributed by atoms with Gasteiger partial charge in [0.05, 0.1) is 7.11 Å². The van der Waals surface area contributed by atoms with E-state index in [-0.39, 0.29) is 0 Å². The molecule has 0 bridgehead atoms. The van der Waals surface area contributed by atoms with Crippen LogP contribution in [0, 0.1) is 0 Å². The van der Waals surface area contributed by atoms with Crippen LogP contribution in [-0.2, 0) is 0 Å². The second kappa shape index (κ2) is 3.91. The van der Waals surface area contributed by atoms with Gasteiger partial charge in [0.2, 0.25) is 0 Å². The lowest BCUT2D eigenvalue weighted by molar-refractivity contribution is 0.278. The van der Waals surface area contributed by atoms with Gasteiger partial charge in [-0.25, -0.2) is 0 Å². The molecule has 0 saturated carbocycles. The molecule has 0 radical (unpaired) electrons. The number of ether oxygens (including phenoxy) is 1. The quantitative estimate of drug-likeness (QED) is 0.878. The Kier molecular flexibility index (Phi) is 2.79. The van der Waals surface area contributed by atoms with Crippen molar-refractivity contribution >= 4 is 15.9 Å². The second-order valence-electron chi connectivity index (χ2n) is 3.74. The van der Waals surface area contributed by atoms with Crippen molar-refractivity contribution in [3.05, 3.63) is 28.2 Å². The standard InChI is InChI=1S/C11H14BrNO/c1-7-5-10(13-7)9-6-8(12)3-4-11(9)14-2/h3-4,6-7,10,13H,5H2,1-2H3. The first-order chi connectivity index (χ1) is 6.70. The van der Waals surface area contributed by atoms with Gasteiger partial charge in [0, 0.05) is 22.1 Å². The monoisotopic (exact) mass is 255 g/mol. The Morgan fingerprint density at radius 1 is 1.50 bits per heavy atom. The highest BCUT2D eigenvalue weighted by atomic mass is 79.9. The first-order valence-corrected chi connectivity index (χ1v) is 5.59. The number of rotatable bonds is 2. The third-order valence-electron chi connectivity index (χ3n) is 2.64.